The predicted molar refractivity (Wildman–Crippen MR) is 267 cm³/mol. The van der Waals surface area contributed by atoms with E-state index in [0.29, 0.717) is 40.1 Å². The van der Waals surface area contributed by atoms with Gasteiger partial charge >= 0.3 is 0 Å². The van der Waals surface area contributed by atoms with E-state index in [1.54, 1.807) is 31.5 Å². The minimum atomic E-state index is -2.73. The molecule has 3 aromatic carbocycles. The summed E-state index contributed by atoms with van der Waals surface area (Å²) in [5.74, 6) is 0.791. The number of pyridine rings is 1. The Balaban J connectivity index is 0.843. The molecule has 3 aliphatic rings. The molecule has 2 fully saturated rings. The van der Waals surface area contributed by atoms with Gasteiger partial charge in [-0.1, -0.05) is 25.1 Å². The Kier molecular flexibility index (Phi) is 13.9. The number of nitrogens with one attached hydrogen (secondary N) is 5. The van der Waals surface area contributed by atoms with Crippen molar-refractivity contribution in [3.63, 3.8) is 0 Å². The van der Waals surface area contributed by atoms with E-state index in [0.717, 1.165) is 108 Å². The van der Waals surface area contributed by atoms with Gasteiger partial charge in [0.2, 0.25) is 23.7 Å². The maximum absolute atomic E-state index is 13.6. The van der Waals surface area contributed by atoms with Gasteiger partial charge in [0.1, 0.15) is 24.8 Å². The lowest BCUT2D eigenvalue weighted by atomic mass is 9.85. The molecule has 66 heavy (non-hydrogen) atoms. The Hall–Kier alpha value is -5.41. The van der Waals surface area contributed by atoms with Crippen molar-refractivity contribution in [1.29, 1.82) is 0 Å². The highest BCUT2D eigenvalue weighted by atomic mass is 79.9. The minimum Gasteiger partial charge on any atom is -0.494 e. The summed E-state index contributed by atoms with van der Waals surface area (Å²) < 4.78 is 20.2. The number of carbonyl (C=O) groups is 3. The summed E-state index contributed by atoms with van der Waals surface area (Å²) in [5, 5.41) is 18.1. The van der Waals surface area contributed by atoms with Gasteiger partial charge in [-0.3, -0.25) is 29.6 Å². The van der Waals surface area contributed by atoms with Gasteiger partial charge in [-0.15, -0.1) is 0 Å². The van der Waals surface area contributed by atoms with Crippen LogP contribution in [0.1, 0.15) is 68.8 Å². The maximum atomic E-state index is 13.6. The van der Waals surface area contributed by atoms with E-state index in [9.17, 15) is 18.9 Å². The van der Waals surface area contributed by atoms with Crippen molar-refractivity contribution in [3.8, 4) is 5.75 Å². The molecular weight excluding hydrogens is 919 g/mol. The predicted octanol–water partition coefficient (Wildman–Crippen LogP) is 7.22. The van der Waals surface area contributed by atoms with E-state index in [2.05, 4.69) is 82.5 Å². The number of benzene rings is 3. The Morgan fingerprint density at radius 3 is 2.44 bits per heavy atom. The van der Waals surface area contributed by atoms with Crippen LogP contribution in [0.5, 0.6) is 5.75 Å². The lowest BCUT2D eigenvalue weighted by Crippen LogP contribution is -2.55. The highest BCUT2D eigenvalue weighted by molar-refractivity contribution is 9.10. The summed E-state index contributed by atoms with van der Waals surface area (Å²) in [5.41, 5.74) is 7.55. The average molecular weight is 980 g/mol. The summed E-state index contributed by atoms with van der Waals surface area (Å²) in [6.45, 7) is 15.7. The monoisotopic (exact) mass is 978 g/mol. The van der Waals surface area contributed by atoms with Crippen molar-refractivity contribution < 1.29 is 23.7 Å². The topological polar surface area (TPSA) is 183 Å². The first-order valence-corrected chi connectivity index (χ1v) is 26.2. The van der Waals surface area contributed by atoms with Crippen LogP contribution in [0, 0.1) is 6.92 Å². The number of imide groups is 1. The number of methoxy groups -OCH3 is 1. The summed E-state index contributed by atoms with van der Waals surface area (Å²) in [4.78, 5) is 56.2. The number of fused-ring (bicyclic) bond motifs is 2. The quantitative estimate of drug-likeness (QED) is 0.0380. The smallest absolute Gasteiger partial charge is 0.249 e. The summed E-state index contributed by atoms with van der Waals surface area (Å²) in [6.07, 6.45) is 5.89. The Labute approximate surface area is 395 Å². The van der Waals surface area contributed by atoms with E-state index in [4.69, 9.17) is 9.72 Å². The van der Waals surface area contributed by atoms with Crippen LogP contribution >= 0.6 is 23.1 Å². The third kappa shape index (κ3) is 9.83. The van der Waals surface area contributed by atoms with Crippen molar-refractivity contribution in [2.45, 2.75) is 83.7 Å². The third-order valence-corrected chi connectivity index (χ3v) is 15.1. The van der Waals surface area contributed by atoms with E-state index in [1.165, 1.54) is 5.56 Å². The number of amides is 3. The van der Waals surface area contributed by atoms with Crippen LogP contribution < -0.4 is 46.4 Å². The molecule has 15 nitrogen and oxygen atoms in total. The number of halogens is 1. The maximum Gasteiger partial charge on any atom is 0.249 e. The molecule has 5 heterocycles. The van der Waals surface area contributed by atoms with Crippen molar-refractivity contribution in [1.82, 2.24) is 30.9 Å². The van der Waals surface area contributed by atoms with Crippen LogP contribution in [0.4, 0.5) is 34.5 Å². The van der Waals surface area contributed by atoms with Crippen LogP contribution in [-0.4, -0.2) is 97.9 Å². The summed E-state index contributed by atoms with van der Waals surface area (Å²) in [6, 6.07) is 17.9. The normalized spacial score (nSPS) is 17.6. The zero-order chi connectivity index (χ0) is 46.9. The van der Waals surface area contributed by atoms with Gasteiger partial charge in [0.25, 0.3) is 0 Å². The van der Waals surface area contributed by atoms with E-state index in [-0.39, 0.29) is 18.2 Å². The molecule has 0 bridgehead atoms. The van der Waals surface area contributed by atoms with Gasteiger partial charge < -0.3 is 35.5 Å². The standard InChI is InChI=1S/C49H60BrN10O5P/c1-8-31-26-38(56-48-53-28-35(50)45(58-48)55-37-14-13-36-33(11-9-29(2)54-36)44(37)66(6,7)64)42(65-5)27-40(31)59-23-18-32(19-24-59)52-22-21-51-20-17-30-10-12-34-41(25-30)60(47(63)49(34,3)4)39-15-16-43(61)57-46(39)62/h9-14,25-28,32,39,51-52H,8,15-24H2,1-7H3,(H,57,61,62)(H2,53,55,56,58). The Morgan fingerprint density at radius 2 is 1.71 bits per heavy atom. The number of rotatable bonds is 16. The first-order chi connectivity index (χ1) is 31.5. The second-order valence-corrected chi connectivity index (χ2v) is 22.3. The molecule has 8 rings (SSSR count). The van der Waals surface area contributed by atoms with Crippen molar-refractivity contribution in [2.75, 3.05) is 73.6 Å². The molecule has 3 aliphatic heterocycles. The molecule has 2 aromatic heterocycles. The van der Waals surface area contributed by atoms with Gasteiger partial charge in [0.05, 0.1) is 33.9 Å². The first kappa shape index (κ1) is 47.1. The van der Waals surface area contributed by atoms with Crippen LogP contribution in [-0.2, 0) is 37.2 Å². The van der Waals surface area contributed by atoms with Crippen LogP contribution in [0.2, 0.25) is 0 Å². The van der Waals surface area contributed by atoms with Crippen molar-refractivity contribution in [2.24, 2.45) is 0 Å². The molecule has 0 spiro atoms. The minimum absolute atomic E-state index is 0.110. The third-order valence-electron chi connectivity index (χ3n) is 13.0. The van der Waals surface area contributed by atoms with Gasteiger partial charge in [-0.05, 0) is 136 Å². The molecular formula is C49H60BrN10O5P. The van der Waals surface area contributed by atoms with E-state index < -0.39 is 24.5 Å². The lowest BCUT2D eigenvalue weighted by molar-refractivity contribution is -0.136. The Morgan fingerprint density at radius 1 is 0.924 bits per heavy atom. The Bertz CT molecular complexity index is 2740. The molecule has 348 valence electrons. The molecule has 17 heteroatoms. The number of carbonyl (C=O) groups excluding carboxylic acids is 3. The molecule has 5 aromatic rings. The summed E-state index contributed by atoms with van der Waals surface area (Å²) >= 11 is 3.61. The summed E-state index contributed by atoms with van der Waals surface area (Å²) in [7, 11) is -1.06. The SMILES string of the molecule is CCc1cc(Nc2ncc(Br)c(Nc3ccc4nc(C)ccc4c3P(C)(C)=O)n2)c(OC)cc1N1CCC(NCCNCCc2ccc3c(c2)N(C2CCC(=O)NC2=O)C(=O)C3(C)C)CC1. The molecule has 1 atom stereocenters. The highest BCUT2D eigenvalue weighted by Crippen LogP contribution is 2.45. The molecule has 0 saturated carbocycles. The number of hydrogen-bond donors (Lipinski definition) is 5. The number of anilines is 6. The van der Waals surface area contributed by atoms with E-state index >= 15 is 0 Å². The zero-order valence-electron chi connectivity index (χ0n) is 38.8. The highest BCUT2D eigenvalue weighted by Gasteiger charge is 2.49. The van der Waals surface area contributed by atoms with Crippen molar-refractivity contribution >= 4 is 91.5 Å². The number of piperidine rings is 2. The average Bonchev–Trinajstić information content (AvgIpc) is 3.48. The molecule has 3 amide bonds. The fourth-order valence-electron chi connectivity index (χ4n) is 9.46. The van der Waals surface area contributed by atoms with Gasteiger partial charge in [-0.2, -0.15) is 4.98 Å². The molecule has 0 radical (unpaired) electrons. The van der Waals surface area contributed by atoms with Gasteiger partial charge in [-0.25, -0.2) is 4.98 Å². The first-order valence-electron chi connectivity index (χ1n) is 22.8. The van der Waals surface area contributed by atoms with Crippen LogP contribution in [0.3, 0.4) is 0 Å². The second-order valence-electron chi connectivity index (χ2n) is 18.3. The zero-order valence-corrected chi connectivity index (χ0v) is 41.3. The number of nitrogens with zero attached hydrogens (tertiary/aromatic N) is 5. The van der Waals surface area contributed by atoms with Crippen LogP contribution in [0.25, 0.3) is 10.9 Å². The molecule has 5 N–H and O–H groups in total. The largest absolute Gasteiger partial charge is 0.494 e. The number of aromatic nitrogens is 3. The van der Waals surface area contributed by atoms with Gasteiger partial charge in [0.15, 0.2) is 0 Å². The van der Waals surface area contributed by atoms with Crippen molar-refractivity contribution in [3.05, 3.63) is 87.7 Å². The fourth-order valence-corrected chi connectivity index (χ4v) is 11.2. The molecule has 1 unspecified atom stereocenters. The van der Waals surface area contributed by atoms with Gasteiger partial charge in [0, 0.05) is 78.7 Å². The van der Waals surface area contributed by atoms with E-state index in [1.807, 2.05) is 57.2 Å². The number of aryl methyl sites for hydroxylation is 2. The number of hydrogen-bond acceptors (Lipinski definition) is 13. The molecule has 2 saturated heterocycles. The molecule has 0 aliphatic carbocycles. The fraction of sp³-hybridized carbons (Fsp3) is 0.429. The lowest BCUT2D eigenvalue weighted by Gasteiger charge is -2.35. The number of ether oxygens (including phenoxy) is 1. The van der Waals surface area contributed by atoms with Crippen LogP contribution in [0.15, 0.2) is 65.3 Å². The second kappa shape index (κ2) is 19.4.